The van der Waals surface area contributed by atoms with Crippen LogP contribution in [-0.4, -0.2) is 38.3 Å². The van der Waals surface area contributed by atoms with Crippen molar-refractivity contribution in [2.75, 3.05) is 27.3 Å². The van der Waals surface area contributed by atoms with Gasteiger partial charge in [-0.3, -0.25) is 0 Å². The van der Waals surface area contributed by atoms with Gasteiger partial charge in [-0.2, -0.15) is 0 Å². The smallest absolute Gasteiger partial charge is 0.415 e. The number of methoxy groups -OCH3 is 2. The van der Waals surface area contributed by atoms with E-state index in [9.17, 15) is 9.59 Å². The monoisotopic (exact) mass is 423 g/mol. The molecule has 1 aliphatic heterocycles. The first kappa shape index (κ1) is 20.8. The second-order valence-electron chi connectivity index (χ2n) is 7.53. The number of ether oxygens (including phenoxy) is 3. The summed E-state index contributed by atoms with van der Waals surface area (Å²) in [6.07, 6.45) is 2.73. The van der Waals surface area contributed by atoms with E-state index in [1.54, 1.807) is 55.5 Å². The molecule has 1 aromatic heterocycles. The molecule has 0 bridgehead atoms. The van der Waals surface area contributed by atoms with E-state index in [4.69, 9.17) is 18.6 Å². The average Bonchev–Trinajstić information content (AvgIpc) is 2.79. The molecule has 4 rings (SSSR count). The van der Waals surface area contributed by atoms with Crippen LogP contribution in [-0.2, 0) is 0 Å². The second-order valence-corrected chi connectivity index (χ2v) is 7.53. The summed E-state index contributed by atoms with van der Waals surface area (Å²) in [6.45, 7) is 3.27. The van der Waals surface area contributed by atoms with Gasteiger partial charge in [0.15, 0.2) is 11.5 Å². The summed E-state index contributed by atoms with van der Waals surface area (Å²) in [6, 6.07) is 10.4. The van der Waals surface area contributed by atoms with E-state index >= 15 is 0 Å². The number of benzene rings is 2. The Balaban J connectivity index is 1.69. The van der Waals surface area contributed by atoms with E-state index in [2.05, 4.69) is 0 Å². The van der Waals surface area contributed by atoms with Crippen LogP contribution < -0.4 is 19.8 Å². The van der Waals surface area contributed by atoms with Gasteiger partial charge >= 0.3 is 11.7 Å². The van der Waals surface area contributed by atoms with Crippen molar-refractivity contribution in [2.24, 2.45) is 0 Å². The van der Waals surface area contributed by atoms with Crippen LogP contribution in [0.25, 0.3) is 22.1 Å². The van der Waals surface area contributed by atoms with Gasteiger partial charge in [-0.05, 0) is 61.6 Å². The molecule has 1 amide bonds. The summed E-state index contributed by atoms with van der Waals surface area (Å²) in [5.74, 6) is 1.46. The molecule has 0 aliphatic carbocycles. The van der Waals surface area contributed by atoms with Gasteiger partial charge in [-0.25, -0.2) is 9.59 Å². The maximum Gasteiger partial charge on any atom is 0.415 e. The molecule has 7 heteroatoms. The van der Waals surface area contributed by atoms with Crippen LogP contribution in [0.1, 0.15) is 24.8 Å². The van der Waals surface area contributed by atoms with Crippen molar-refractivity contribution in [3.05, 3.63) is 52.4 Å². The van der Waals surface area contributed by atoms with Crippen LogP contribution >= 0.6 is 0 Å². The molecule has 3 aromatic rings. The van der Waals surface area contributed by atoms with Crippen LogP contribution in [0, 0.1) is 6.92 Å². The number of carbonyl (C=O) groups excluding carboxylic acids is 1. The molecule has 0 N–H and O–H groups in total. The molecule has 162 valence electrons. The highest BCUT2D eigenvalue weighted by molar-refractivity contribution is 5.88. The third-order valence-corrected chi connectivity index (χ3v) is 5.63. The van der Waals surface area contributed by atoms with Gasteiger partial charge in [0, 0.05) is 24.5 Å². The third kappa shape index (κ3) is 4.08. The van der Waals surface area contributed by atoms with Crippen molar-refractivity contribution in [3.63, 3.8) is 0 Å². The predicted molar refractivity (Wildman–Crippen MR) is 117 cm³/mol. The highest BCUT2D eigenvalue weighted by Gasteiger charge is 2.20. The predicted octanol–water partition coefficient (Wildman–Crippen LogP) is 4.77. The number of fused-ring (bicyclic) bond motifs is 1. The standard InChI is InChI=1S/C24H25NO6/c1-15-18-9-8-17(30-24(27)25-11-5-4-6-12-25)14-20(18)31-23(26)22(15)16-7-10-19(28-2)21(13-16)29-3/h7-10,13-14H,4-6,11-12H2,1-3H3. The first-order chi connectivity index (χ1) is 15.0. The maximum atomic E-state index is 12.8. The minimum atomic E-state index is -0.475. The topological polar surface area (TPSA) is 78.2 Å². The number of amides is 1. The molecule has 0 atom stereocenters. The van der Waals surface area contributed by atoms with E-state index in [0.29, 0.717) is 47.0 Å². The Morgan fingerprint density at radius 2 is 1.71 bits per heavy atom. The maximum absolute atomic E-state index is 12.8. The quantitative estimate of drug-likeness (QED) is 0.563. The molecule has 1 aliphatic rings. The number of likely N-dealkylation sites (tertiary alicyclic amines) is 1. The third-order valence-electron chi connectivity index (χ3n) is 5.63. The fraction of sp³-hybridized carbons (Fsp3) is 0.333. The summed E-state index contributed by atoms with van der Waals surface area (Å²) in [4.78, 5) is 26.9. The lowest BCUT2D eigenvalue weighted by atomic mass is 9.99. The van der Waals surface area contributed by atoms with Gasteiger partial charge in [0.2, 0.25) is 0 Å². The fourth-order valence-corrected chi connectivity index (χ4v) is 3.97. The Hall–Kier alpha value is -3.48. The average molecular weight is 423 g/mol. The largest absolute Gasteiger partial charge is 0.493 e. The van der Waals surface area contributed by atoms with Gasteiger partial charge in [0.1, 0.15) is 11.3 Å². The normalized spacial score (nSPS) is 13.8. The molecule has 31 heavy (non-hydrogen) atoms. The van der Waals surface area contributed by atoms with Crippen molar-refractivity contribution >= 4 is 17.1 Å². The minimum Gasteiger partial charge on any atom is -0.493 e. The summed E-state index contributed by atoms with van der Waals surface area (Å²) in [5, 5.41) is 0.766. The zero-order valence-electron chi connectivity index (χ0n) is 17.9. The molecule has 0 saturated carbocycles. The Bertz CT molecular complexity index is 1180. The minimum absolute atomic E-state index is 0.351. The van der Waals surface area contributed by atoms with Gasteiger partial charge in [-0.1, -0.05) is 6.07 Å². The Kier molecular flexibility index (Phi) is 5.84. The van der Waals surface area contributed by atoms with E-state index in [0.717, 1.165) is 30.2 Å². The first-order valence-corrected chi connectivity index (χ1v) is 10.3. The van der Waals surface area contributed by atoms with Crippen LogP contribution in [0.3, 0.4) is 0 Å². The van der Waals surface area contributed by atoms with Crippen molar-refractivity contribution in [2.45, 2.75) is 26.2 Å². The van der Waals surface area contributed by atoms with Crippen molar-refractivity contribution < 1.29 is 23.4 Å². The second kappa shape index (κ2) is 8.71. The fourth-order valence-electron chi connectivity index (χ4n) is 3.97. The molecule has 1 fully saturated rings. The SMILES string of the molecule is COc1ccc(-c2c(C)c3ccc(OC(=O)N4CCCCC4)cc3oc2=O)cc1OC. The Morgan fingerprint density at radius 3 is 2.42 bits per heavy atom. The summed E-state index contributed by atoms with van der Waals surface area (Å²) < 4.78 is 21.7. The summed E-state index contributed by atoms with van der Waals surface area (Å²) >= 11 is 0. The molecule has 7 nitrogen and oxygen atoms in total. The number of hydrogen-bond donors (Lipinski definition) is 0. The molecule has 0 radical (unpaired) electrons. The molecule has 2 heterocycles. The molecular weight excluding hydrogens is 398 g/mol. The molecule has 1 saturated heterocycles. The van der Waals surface area contributed by atoms with Gasteiger partial charge < -0.3 is 23.5 Å². The van der Waals surface area contributed by atoms with Crippen molar-refractivity contribution in [1.29, 1.82) is 0 Å². The molecular formula is C24H25NO6. The zero-order valence-corrected chi connectivity index (χ0v) is 17.9. The number of nitrogens with zero attached hydrogens (tertiary/aromatic N) is 1. The number of hydrogen-bond acceptors (Lipinski definition) is 6. The van der Waals surface area contributed by atoms with Crippen LogP contribution in [0.4, 0.5) is 4.79 Å². The van der Waals surface area contributed by atoms with E-state index in [1.165, 1.54) is 0 Å². The van der Waals surface area contributed by atoms with Crippen LogP contribution in [0.5, 0.6) is 17.2 Å². The lowest BCUT2D eigenvalue weighted by molar-refractivity contribution is 0.142. The van der Waals surface area contributed by atoms with Crippen molar-refractivity contribution in [1.82, 2.24) is 4.90 Å². The number of aryl methyl sites for hydroxylation is 1. The zero-order chi connectivity index (χ0) is 22.0. The van der Waals surface area contributed by atoms with Gasteiger partial charge in [-0.15, -0.1) is 0 Å². The first-order valence-electron chi connectivity index (χ1n) is 10.3. The highest BCUT2D eigenvalue weighted by Crippen LogP contribution is 2.34. The van der Waals surface area contributed by atoms with Gasteiger partial charge in [0.05, 0.1) is 19.8 Å². The Labute approximate surface area is 180 Å². The number of rotatable bonds is 4. The summed E-state index contributed by atoms with van der Waals surface area (Å²) in [5.41, 5.74) is 1.79. The lowest BCUT2D eigenvalue weighted by Gasteiger charge is -2.25. The summed E-state index contributed by atoms with van der Waals surface area (Å²) in [7, 11) is 3.10. The number of carbonyl (C=O) groups is 1. The highest BCUT2D eigenvalue weighted by atomic mass is 16.6. The van der Waals surface area contributed by atoms with Crippen LogP contribution in [0.15, 0.2) is 45.6 Å². The molecule has 0 unspecified atom stereocenters. The van der Waals surface area contributed by atoms with Crippen molar-refractivity contribution in [3.8, 4) is 28.4 Å². The van der Waals surface area contributed by atoms with E-state index in [1.807, 2.05) is 6.92 Å². The van der Waals surface area contributed by atoms with E-state index in [-0.39, 0.29) is 6.09 Å². The Morgan fingerprint density at radius 1 is 0.968 bits per heavy atom. The van der Waals surface area contributed by atoms with Crippen LogP contribution in [0.2, 0.25) is 0 Å². The molecule has 0 spiro atoms. The molecule has 2 aromatic carbocycles. The van der Waals surface area contributed by atoms with E-state index < -0.39 is 5.63 Å². The van der Waals surface area contributed by atoms with Gasteiger partial charge in [0.25, 0.3) is 0 Å². The number of piperidine rings is 1. The lowest BCUT2D eigenvalue weighted by Crippen LogP contribution is -2.37.